The molecule has 3 heteroatoms. The van der Waals surface area contributed by atoms with Gasteiger partial charge in [0.25, 0.3) is 0 Å². The molecule has 0 radical (unpaired) electrons. The van der Waals surface area contributed by atoms with Gasteiger partial charge in [0.05, 0.1) is 12.2 Å². The number of hydrogen-bond acceptors (Lipinski definition) is 3. The zero-order valence-corrected chi connectivity index (χ0v) is 18.3. The van der Waals surface area contributed by atoms with E-state index in [2.05, 4.69) is 36.6 Å². The van der Waals surface area contributed by atoms with Crippen LogP contribution < -0.4 is 0 Å². The van der Waals surface area contributed by atoms with Crippen LogP contribution in [0, 0.1) is 29.6 Å². The highest BCUT2D eigenvalue weighted by molar-refractivity contribution is 7.10. The van der Waals surface area contributed by atoms with E-state index in [0.29, 0.717) is 24.0 Å². The number of hydrogen-bond donors (Lipinski definition) is 0. The molecule has 0 saturated heterocycles. The van der Waals surface area contributed by atoms with E-state index < -0.39 is 0 Å². The topological polar surface area (TPSA) is 18.5 Å². The average molecular weight is 401 g/mol. The van der Waals surface area contributed by atoms with Gasteiger partial charge in [-0.25, -0.2) is 0 Å². The van der Waals surface area contributed by atoms with Crippen LogP contribution in [0.25, 0.3) is 0 Å². The first-order valence-corrected chi connectivity index (χ1v) is 12.5. The summed E-state index contributed by atoms with van der Waals surface area (Å²) < 4.78 is 13.0. The summed E-state index contributed by atoms with van der Waals surface area (Å²) >= 11 is 1.89. The van der Waals surface area contributed by atoms with Crippen molar-refractivity contribution >= 4 is 11.3 Å². The van der Waals surface area contributed by atoms with Gasteiger partial charge in [0.1, 0.15) is 5.60 Å². The van der Waals surface area contributed by atoms with Crippen molar-refractivity contribution in [3.63, 3.8) is 0 Å². The van der Waals surface area contributed by atoms with Gasteiger partial charge in [0, 0.05) is 17.9 Å². The summed E-state index contributed by atoms with van der Waals surface area (Å²) in [7, 11) is 1.87. The van der Waals surface area contributed by atoms with Crippen molar-refractivity contribution in [2.75, 3.05) is 7.11 Å². The lowest BCUT2D eigenvalue weighted by molar-refractivity contribution is -0.186. The molecular formula is C25H36O2S. The average Bonchev–Trinajstić information content (AvgIpc) is 3.29. The largest absolute Gasteiger partial charge is 0.381 e. The van der Waals surface area contributed by atoms with Gasteiger partial charge in [0.2, 0.25) is 0 Å². The van der Waals surface area contributed by atoms with E-state index in [9.17, 15) is 0 Å². The number of rotatable bonds is 3. The molecule has 0 N–H and O–H groups in total. The predicted octanol–water partition coefficient (Wildman–Crippen LogP) is 6.57. The van der Waals surface area contributed by atoms with Crippen LogP contribution in [0.2, 0.25) is 0 Å². The molecule has 1 aliphatic heterocycles. The molecule has 2 heterocycles. The summed E-state index contributed by atoms with van der Waals surface area (Å²) in [6.07, 6.45) is 17.7. The van der Waals surface area contributed by atoms with Crippen molar-refractivity contribution in [2.24, 2.45) is 29.6 Å². The Kier molecular flexibility index (Phi) is 5.45. The van der Waals surface area contributed by atoms with Crippen LogP contribution in [-0.2, 0) is 15.1 Å². The lowest BCUT2D eigenvalue weighted by Crippen LogP contribution is -2.53. The molecule has 5 rings (SSSR count). The van der Waals surface area contributed by atoms with Gasteiger partial charge >= 0.3 is 0 Å². The normalized spacial score (nSPS) is 46.0. The number of ether oxygens (including phenoxy) is 2. The second-order valence-electron chi connectivity index (χ2n) is 9.92. The van der Waals surface area contributed by atoms with Crippen LogP contribution in [0.1, 0.15) is 69.6 Å². The summed E-state index contributed by atoms with van der Waals surface area (Å²) in [5, 5.41) is 2.23. The number of fused-ring (bicyclic) bond motifs is 3. The quantitative estimate of drug-likeness (QED) is 0.535. The van der Waals surface area contributed by atoms with Crippen molar-refractivity contribution in [1.29, 1.82) is 0 Å². The fourth-order valence-electron chi connectivity index (χ4n) is 6.99. The van der Waals surface area contributed by atoms with Gasteiger partial charge in [-0.2, -0.15) is 0 Å². The highest BCUT2D eigenvalue weighted by Gasteiger charge is 2.52. The molecule has 28 heavy (non-hydrogen) atoms. The molecule has 0 amide bonds. The molecule has 6 unspecified atom stereocenters. The second kappa shape index (κ2) is 7.89. The fraction of sp³-hybridized carbons (Fsp3) is 0.760. The molecule has 1 aromatic heterocycles. The molecule has 3 aliphatic carbocycles. The maximum Gasteiger partial charge on any atom is 0.123 e. The highest BCUT2D eigenvalue weighted by atomic mass is 32.1. The van der Waals surface area contributed by atoms with E-state index in [1.807, 2.05) is 18.4 Å². The van der Waals surface area contributed by atoms with E-state index in [1.165, 1.54) is 62.7 Å². The van der Waals surface area contributed by atoms with E-state index in [-0.39, 0.29) is 5.60 Å². The van der Waals surface area contributed by atoms with Crippen LogP contribution in [0.15, 0.2) is 29.7 Å². The van der Waals surface area contributed by atoms with Crippen LogP contribution in [0.3, 0.4) is 0 Å². The lowest BCUT2D eigenvalue weighted by Gasteiger charge is -2.54. The Labute approximate surface area is 174 Å². The Morgan fingerprint density at radius 1 is 1.11 bits per heavy atom. The lowest BCUT2D eigenvalue weighted by atomic mass is 9.60. The Balaban J connectivity index is 1.49. The van der Waals surface area contributed by atoms with Crippen LogP contribution in [-0.4, -0.2) is 19.3 Å². The zero-order valence-electron chi connectivity index (χ0n) is 17.5. The third-order valence-corrected chi connectivity index (χ3v) is 9.52. The summed E-state index contributed by atoms with van der Waals surface area (Å²) in [6.45, 7) is 2.47. The molecule has 2 nitrogen and oxygen atoms in total. The van der Waals surface area contributed by atoms with Crippen LogP contribution in [0.4, 0.5) is 0 Å². The highest BCUT2D eigenvalue weighted by Crippen LogP contribution is 2.55. The monoisotopic (exact) mass is 400 g/mol. The van der Waals surface area contributed by atoms with Crippen LogP contribution in [0.5, 0.6) is 0 Å². The van der Waals surface area contributed by atoms with Crippen LogP contribution >= 0.6 is 11.3 Å². The predicted molar refractivity (Wildman–Crippen MR) is 115 cm³/mol. The summed E-state index contributed by atoms with van der Waals surface area (Å²) in [6, 6.07) is 4.53. The summed E-state index contributed by atoms with van der Waals surface area (Å²) in [5.41, 5.74) is -0.201. The van der Waals surface area contributed by atoms with Crippen molar-refractivity contribution < 1.29 is 9.47 Å². The minimum atomic E-state index is -0.201. The molecule has 3 fully saturated rings. The van der Waals surface area contributed by atoms with E-state index in [4.69, 9.17) is 9.47 Å². The SMILES string of the molecule is COC1CCC(C2(c3cccs3)C=CC3C(C)CC4CCCCC4C3O2)CC1. The molecule has 0 bridgehead atoms. The Bertz CT molecular complexity index is 675. The maximum absolute atomic E-state index is 7.35. The minimum absolute atomic E-state index is 0.201. The fourth-order valence-corrected chi connectivity index (χ4v) is 7.92. The minimum Gasteiger partial charge on any atom is -0.381 e. The first-order valence-electron chi connectivity index (χ1n) is 11.6. The zero-order chi connectivity index (χ0) is 19.1. The molecule has 0 aromatic carbocycles. The van der Waals surface area contributed by atoms with Gasteiger partial charge in [0.15, 0.2) is 0 Å². The van der Waals surface area contributed by atoms with Crippen molar-refractivity contribution in [2.45, 2.75) is 82.5 Å². The van der Waals surface area contributed by atoms with Gasteiger partial charge in [-0.3, -0.25) is 0 Å². The number of methoxy groups -OCH3 is 1. The second-order valence-corrected chi connectivity index (χ2v) is 10.9. The van der Waals surface area contributed by atoms with Gasteiger partial charge in [-0.1, -0.05) is 44.4 Å². The molecule has 3 saturated carbocycles. The number of thiophene rings is 1. The Morgan fingerprint density at radius 3 is 2.68 bits per heavy atom. The summed E-state index contributed by atoms with van der Waals surface area (Å²) in [4.78, 5) is 1.42. The van der Waals surface area contributed by atoms with Crippen molar-refractivity contribution in [1.82, 2.24) is 0 Å². The van der Waals surface area contributed by atoms with E-state index >= 15 is 0 Å². The smallest absolute Gasteiger partial charge is 0.123 e. The molecule has 1 aromatic rings. The summed E-state index contributed by atoms with van der Waals surface area (Å²) in [5.74, 6) is 3.61. The molecule has 0 spiro atoms. The molecule has 154 valence electrons. The molecule has 6 atom stereocenters. The van der Waals surface area contributed by atoms with Crippen molar-refractivity contribution in [3.8, 4) is 0 Å². The first-order chi connectivity index (χ1) is 13.7. The Hall–Kier alpha value is -0.640. The standard InChI is InChI=1S/C25H36O2S/c1-17-16-18-6-3-4-7-22(18)24-21(17)13-14-25(27-24,23-8-5-15-28-23)19-9-11-20(26-2)12-10-19/h5,8,13-15,17-22,24H,3-4,6-7,9-12,16H2,1-2H3. The maximum atomic E-state index is 7.35. The molecule has 4 aliphatic rings. The first kappa shape index (κ1) is 19.3. The third-order valence-electron chi connectivity index (χ3n) is 8.52. The molecular weight excluding hydrogens is 364 g/mol. The Morgan fingerprint density at radius 2 is 1.93 bits per heavy atom. The van der Waals surface area contributed by atoms with Crippen molar-refractivity contribution in [3.05, 3.63) is 34.5 Å². The third kappa shape index (κ3) is 3.22. The van der Waals surface area contributed by atoms with Gasteiger partial charge in [-0.05, 0) is 73.6 Å². The van der Waals surface area contributed by atoms with Gasteiger partial charge in [-0.15, -0.1) is 11.3 Å². The van der Waals surface area contributed by atoms with E-state index in [0.717, 1.165) is 17.8 Å². The van der Waals surface area contributed by atoms with Gasteiger partial charge < -0.3 is 9.47 Å². The van der Waals surface area contributed by atoms with E-state index in [1.54, 1.807) is 0 Å².